The molecule has 2 heterocycles. The summed E-state index contributed by atoms with van der Waals surface area (Å²) in [5.41, 5.74) is 5.93. The Morgan fingerprint density at radius 1 is 1.53 bits per heavy atom. The summed E-state index contributed by atoms with van der Waals surface area (Å²) in [7, 11) is 0. The van der Waals surface area contributed by atoms with Gasteiger partial charge in [0.1, 0.15) is 0 Å². The van der Waals surface area contributed by atoms with E-state index >= 15 is 0 Å². The summed E-state index contributed by atoms with van der Waals surface area (Å²) in [5, 5.41) is 0. The average molecular weight is 258 g/mol. The fraction of sp³-hybridized carbons (Fsp3) is 1.00. The smallest absolute Gasteiger partial charge is 0.0795 e. The Bertz CT molecular complexity index is 242. The SMILES string of the molecule is CC(C)N(CCN)C1CCOC2(CCSC2)C1. The maximum Gasteiger partial charge on any atom is 0.0795 e. The first-order valence-electron chi connectivity index (χ1n) is 6.84. The van der Waals surface area contributed by atoms with E-state index in [9.17, 15) is 0 Å². The third-order valence-corrected chi connectivity index (χ3v) is 5.28. The number of ether oxygens (including phenoxy) is 1. The maximum absolute atomic E-state index is 6.09. The number of rotatable bonds is 4. The normalized spacial score (nSPS) is 34.1. The molecule has 2 atom stereocenters. The van der Waals surface area contributed by atoms with Crippen LogP contribution in [0, 0.1) is 0 Å². The molecule has 4 heteroatoms. The minimum Gasteiger partial charge on any atom is -0.374 e. The van der Waals surface area contributed by atoms with E-state index in [2.05, 4.69) is 18.7 Å². The molecule has 0 bridgehead atoms. The fourth-order valence-corrected chi connectivity index (χ4v) is 4.54. The summed E-state index contributed by atoms with van der Waals surface area (Å²) in [6.07, 6.45) is 3.62. The molecule has 2 N–H and O–H groups in total. The van der Waals surface area contributed by atoms with Gasteiger partial charge in [-0.05, 0) is 38.9 Å². The molecule has 0 aliphatic carbocycles. The first-order valence-corrected chi connectivity index (χ1v) is 8.00. The van der Waals surface area contributed by atoms with Crippen LogP contribution in [0.1, 0.15) is 33.1 Å². The Morgan fingerprint density at radius 2 is 2.35 bits per heavy atom. The standard InChI is InChI=1S/C13H26N2OS/c1-11(2)15(6-5-14)12-3-7-16-13(9-12)4-8-17-10-13/h11-12H,3-10,14H2,1-2H3. The van der Waals surface area contributed by atoms with E-state index in [0.29, 0.717) is 12.1 Å². The molecule has 0 amide bonds. The summed E-state index contributed by atoms with van der Waals surface area (Å²) < 4.78 is 6.09. The van der Waals surface area contributed by atoms with Crippen LogP contribution >= 0.6 is 11.8 Å². The molecule has 0 saturated carbocycles. The molecule has 2 rings (SSSR count). The van der Waals surface area contributed by atoms with Crippen LogP contribution in [0.15, 0.2) is 0 Å². The predicted molar refractivity (Wildman–Crippen MR) is 74.5 cm³/mol. The molecule has 1 spiro atoms. The maximum atomic E-state index is 6.09. The first-order chi connectivity index (χ1) is 8.17. The van der Waals surface area contributed by atoms with E-state index in [1.165, 1.54) is 30.8 Å². The Balaban J connectivity index is 1.99. The van der Waals surface area contributed by atoms with Crippen molar-refractivity contribution in [3.63, 3.8) is 0 Å². The second-order valence-electron chi connectivity index (χ2n) is 5.60. The third-order valence-electron chi connectivity index (χ3n) is 4.05. The number of nitrogens with two attached hydrogens (primary N) is 1. The van der Waals surface area contributed by atoms with Gasteiger partial charge in [-0.1, -0.05) is 0 Å². The van der Waals surface area contributed by atoms with Crippen LogP contribution in [0.2, 0.25) is 0 Å². The van der Waals surface area contributed by atoms with Crippen molar-refractivity contribution in [1.82, 2.24) is 4.90 Å². The topological polar surface area (TPSA) is 38.5 Å². The Morgan fingerprint density at radius 3 is 2.94 bits per heavy atom. The summed E-state index contributed by atoms with van der Waals surface area (Å²) in [6.45, 7) is 7.27. The lowest BCUT2D eigenvalue weighted by molar-refractivity contribution is -0.0930. The van der Waals surface area contributed by atoms with Gasteiger partial charge >= 0.3 is 0 Å². The van der Waals surface area contributed by atoms with E-state index in [0.717, 1.165) is 19.7 Å². The Kier molecular flexibility index (Phi) is 4.75. The van der Waals surface area contributed by atoms with E-state index in [1.54, 1.807) is 0 Å². The lowest BCUT2D eigenvalue weighted by atomic mass is 9.88. The van der Waals surface area contributed by atoms with Gasteiger partial charge < -0.3 is 10.5 Å². The minimum absolute atomic E-state index is 0.190. The van der Waals surface area contributed by atoms with E-state index in [1.807, 2.05) is 11.8 Å². The number of thioether (sulfide) groups is 1. The van der Waals surface area contributed by atoms with Gasteiger partial charge in [0.15, 0.2) is 0 Å². The van der Waals surface area contributed by atoms with Crippen LogP contribution in [-0.2, 0) is 4.74 Å². The summed E-state index contributed by atoms with van der Waals surface area (Å²) in [5.74, 6) is 2.46. The lowest BCUT2D eigenvalue weighted by Gasteiger charge is -2.44. The van der Waals surface area contributed by atoms with Crippen LogP contribution in [-0.4, -0.2) is 53.8 Å². The number of nitrogens with zero attached hydrogens (tertiary/aromatic N) is 1. The van der Waals surface area contributed by atoms with E-state index in [-0.39, 0.29) is 5.60 Å². The highest BCUT2D eigenvalue weighted by atomic mass is 32.2. The molecular weight excluding hydrogens is 232 g/mol. The van der Waals surface area contributed by atoms with Gasteiger partial charge in [0.05, 0.1) is 5.60 Å². The van der Waals surface area contributed by atoms with Gasteiger partial charge in [-0.25, -0.2) is 0 Å². The second kappa shape index (κ2) is 5.91. The highest BCUT2D eigenvalue weighted by Crippen LogP contribution is 2.39. The molecule has 3 nitrogen and oxygen atoms in total. The van der Waals surface area contributed by atoms with E-state index < -0.39 is 0 Å². The van der Waals surface area contributed by atoms with Crippen molar-refractivity contribution < 1.29 is 4.74 Å². The van der Waals surface area contributed by atoms with Crippen molar-refractivity contribution in [2.45, 2.75) is 50.8 Å². The van der Waals surface area contributed by atoms with Crippen LogP contribution in [0.5, 0.6) is 0 Å². The van der Waals surface area contributed by atoms with Crippen molar-refractivity contribution >= 4 is 11.8 Å². The molecule has 100 valence electrons. The zero-order valence-electron chi connectivity index (χ0n) is 11.2. The summed E-state index contributed by atoms with van der Waals surface area (Å²) in [4.78, 5) is 2.58. The third kappa shape index (κ3) is 3.16. The van der Waals surface area contributed by atoms with Crippen molar-refractivity contribution in [3.05, 3.63) is 0 Å². The van der Waals surface area contributed by atoms with Crippen molar-refractivity contribution in [2.75, 3.05) is 31.2 Å². The molecule has 2 aliphatic rings. The van der Waals surface area contributed by atoms with Crippen molar-refractivity contribution in [1.29, 1.82) is 0 Å². The van der Waals surface area contributed by atoms with E-state index in [4.69, 9.17) is 10.5 Å². The second-order valence-corrected chi connectivity index (χ2v) is 6.71. The van der Waals surface area contributed by atoms with Crippen molar-refractivity contribution in [3.8, 4) is 0 Å². The monoisotopic (exact) mass is 258 g/mol. The van der Waals surface area contributed by atoms with Crippen LogP contribution < -0.4 is 5.73 Å². The zero-order chi connectivity index (χ0) is 12.3. The summed E-state index contributed by atoms with van der Waals surface area (Å²) in [6, 6.07) is 1.26. The van der Waals surface area contributed by atoms with Crippen molar-refractivity contribution in [2.24, 2.45) is 5.73 Å². The molecule has 2 aliphatic heterocycles. The molecule has 2 unspecified atom stereocenters. The Labute approximate surface area is 109 Å². The summed E-state index contributed by atoms with van der Waals surface area (Å²) >= 11 is 2.05. The molecule has 2 fully saturated rings. The minimum atomic E-state index is 0.190. The zero-order valence-corrected chi connectivity index (χ0v) is 12.0. The number of hydrogen-bond acceptors (Lipinski definition) is 4. The fourth-order valence-electron chi connectivity index (χ4n) is 3.16. The molecule has 0 aromatic rings. The molecule has 17 heavy (non-hydrogen) atoms. The molecule has 0 aromatic heterocycles. The molecule has 0 radical (unpaired) electrons. The highest BCUT2D eigenvalue weighted by molar-refractivity contribution is 7.99. The van der Waals surface area contributed by atoms with Gasteiger partial charge in [0, 0.05) is 37.5 Å². The van der Waals surface area contributed by atoms with Crippen LogP contribution in [0.25, 0.3) is 0 Å². The predicted octanol–water partition coefficient (Wildman–Crippen LogP) is 1.71. The van der Waals surface area contributed by atoms with Crippen LogP contribution in [0.4, 0.5) is 0 Å². The van der Waals surface area contributed by atoms with Crippen LogP contribution in [0.3, 0.4) is 0 Å². The lowest BCUT2D eigenvalue weighted by Crippen LogP contribution is -2.52. The van der Waals surface area contributed by atoms with Gasteiger partial charge in [-0.15, -0.1) is 0 Å². The Hall–Kier alpha value is 0.230. The quantitative estimate of drug-likeness (QED) is 0.833. The molecule has 0 aromatic carbocycles. The van der Waals surface area contributed by atoms with Gasteiger partial charge in [-0.3, -0.25) is 4.90 Å². The number of hydrogen-bond donors (Lipinski definition) is 1. The largest absolute Gasteiger partial charge is 0.374 e. The molecule has 2 saturated heterocycles. The van der Waals surface area contributed by atoms with Gasteiger partial charge in [0.25, 0.3) is 0 Å². The molecular formula is C13H26N2OS. The highest BCUT2D eigenvalue weighted by Gasteiger charge is 2.42. The van der Waals surface area contributed by atoms with Gasteiger partial charge in [-0.2, -0.15) is 11.8 Å². The first kappa shape index (κ1) is 13.7. The average Bonchev–Trinajstić information content (AvgIpc) is 2.73. The van der Waals surface area contributed by atoms with Gasteiger partial charge in [0.2, 0.25) is 0 Å².